The fraction of sp³-hybridized carbons (Fsp3) is 0.333. The van der Waals surface area contributed by atoms with Crippen LogP contribution in [0.25, 0.3) is 11.0 Å². The smallest absolute Gasteiger partial charge is 0.239 e. The Morgan fingerprint density at radius 1 is 1.41 bits per heavy atom. The molecule has 0 spiro atoms. The molecule has 0 unspecified atom stereocenters. The summed E-state index contributed by atoms with van der Waals surface area (Å²) < 4.78 is 1.94. The average Bonchev–Trinajstić information content (AvgIpc) is 2.65. The van der Waals surface area contributed by atoms with E-state index in [2.05, 4.69) is 15.6 Å². The molecule has 0 saturated carbocycles. The summed E-state index contributed by atoms with van der Waals surface area (Å²) in [4.78, 5) is 15.7. The zero-order valence-corrected chi connectivity index (χ0v) is 10.0. The maximum Gasteiger partial charge on any atom is 0.239 e. The van der Waals surface area contributed by atoms with Gasteiger partial charge in [-0.25, -0.2) is 4.98 Å². The zero-order valence-electron chi connectivity index (χ0n) is 10.0. The molecule has 1 aromatic carbocycles. The fourth-order valence-electron chi connectivity index (χ4n) is 1.72. The summed E-state index contributed by atoms with van der Waals surface area (Å²) in [6, 6.07) is 7.87. The third kappa shape index (κ3) is 2.38. The van der Waals surface area contributed by atoms with Gasteiger partial charge in [-0.1, -0.05) is 12.1 Å². The molecule has 0 aliphatic rings. The van der Waals surface area contributed by atoms with Gasteiger partial charge in [0.15, 0.2) is 0 Å². The van der Waals surface area contributed by atoms with E-state index in [1.807, 2.05) is 42.8 Å². The van der Waals surface area contributed by atoms with Crippen LogP contribution in [0, 0.1) is 0 Å². The van der Waals surface area contributed by atoms with Gasteiger partial charge in [0.1, 0.15) is 0 Å². The van der Waals surface area contributed by atoms with Crippen LogP contribution in [0.5, 0.6) is 0 Å². The molecule has 0 fully saturated rings. The SMILES string of the molecule is CCNC(=O)CNc1nc2ccccc2n1C. The molecule has 0 aliphatic heterocycles. The Hall–Kier alpha value is -2.04. The van der Waals surface area contributed by atoms with Gasteiger partial charge in [0, 0.05) is 13.6 Å². The quantitative estimate of drug-likeness (QED) is 0.830. The molecular formula is C12H16N4O. The van der Waals surface area contributed by atoms with Crippen LogP contribution in [0.4, 0.5) is 5.95 Å². The van der Waals surface area contributed by atoms with Gasteiger partial charge in [0.05, 0.1) is 17.6 Å². The van der Waals surface area contributed by atoms with Crippen molar-refractivity contribution in [1.82, 2.24) is 14.9 Å². The summed E-state index contributed by atoms with van der Waals surface area (Å²) >= 11 is 0. The number of aryl methyl sites for hydroxylation is 1. The summed E-state index contributed by atoms with van der Waals surface area (Å²) in [5.41, 5.74) is 1.97. The minimum Gasteiger partial charge on any atom is -0.355 e. The van der Waals surface area contributed by atoms with E-state index < -0.39 is 0 Å². The summed E-state index contributed by atoms with van der Waals surface area (Å²) in [6.07, 6.45) is 0. The minimum atomic E-state index is -0.0282. The summed E-state index contributed by atoms with van der Waals surface area (Å²) in [6.45, 7) is 2.78. The van der Waals surface area contributed by atoms with Gasteiger partial charge in [-0.3, -0.25) is 4.79 Å². The zero-order chi connectivity index (χ0) is 12.3. The van der Waals surface area contributed by atoms with Crippen LogP contribution in [-0.4, -0.2) is 28.5 Å². The molecule has 1 amide bonds. The number of anilines is 1. The van der Waals surface area contributed by atoms with Crippen molar-refractivity contribution >= 4 is 22.9 Å². The van der Waals surface area contributed by atoms with E-state index in [1.54, 1.807) is 0 Å². The molecule has 2 rings (SSSR count). The van der Waals surface area contributed by atoms with Crippen molar-refractivity contribution in [2.75, 3.05) is 18.4 Å². The number of nitrogens with one attached hydrogen (secondary N) is 2. The van der Waals surface area contributed by atoms with E-state index >= 15 is 0 Å². The molecule has 90 valence electrons. The van der Waals surface area contributed by atoms with Gasteiger partial charge in [0.2, 0.25) is 11.9 Å². The molecule has 2 aromatic rings. The number of para-hydroxylation sites is 2. The summed E-state index contributed by atoms with van der Waals surface area (Å²) in [5.74, 6) is 0.678. The maximum atomic E-state index is 11.3. The fourth-order valence-corrected chi connectivity index (χ4v) is 1.72. The third-order valence-electron chi connectivity index (χ3n) is 2.57. The number of nitrogens with zero attached hydrogens (tertiary/aromatic N) is 2. The number of fused-ring (bicyclic) bond motifs is 1. The van der Waals surface area contributed by atoms with Crippen LogP contribution >= 0.6 is 0 Å². The first-order valence-corrected chi connectivity index (χ1v) is 5.64. The first kappa shape index (κ1) is 11.4. The topological polar surface area (TPSA) is 59.0 Å². The number of hydrogen-bond donors (Lipinski definition) is 2. The highest BCUT2D eigenvalue weighted by atomic mass is 16.1. The molecule has 5 heteroatoms. The van der Waals surface area contributed by atoms with Gasteiger partial charge < -0.3 is 15.2 Å². The van der Waals surface area contributed by atoms with Crippen molar-refractivity contribution in [3.63, 3.8) is 0 Å². The van der Waals surface area contributed by atoms with Crippen LogP contribution in [0.1, 0.15) is 6.92 Å². The van der Waals surface area contributed by atoms with Crippen LogP contribution in [0.2, 0.25) is 0 Å². The summed E-state index contributed by atoms with van der Waals surface area (Å²) in [5, 5.41) is 5.76. The number of carbonyl (C=O) groups excluding carboxylic acids is 1. The maximum absolute atomic E-state index is 11.3. The van der Waals surface area contributed by atoms with Gasteiger partial charge in [-0.2, -0.15) is 0 Å². The Balaban J connectivity index is 2.14. The van der Waals surface area contributed by atoms with Crippen molar-refractivity contribution in [2.45, 2.75) is 6.92 Å². The van der Waals surface area contributed by atoms with E-state index in [0.717, 1.165) is 11.0 Å². The molecule has 0 saturated heterocycles. The largest absolute Gasteiger partial charge is 0.355 e. The monoisotopic (exact) mass is 232 g/mol. The van der Waals surface area contributed by atoms with Crippen molar-refractivity contribution in [3.05, 3.63) is 24.3 Å². The number of hydrogen-bond acceptors (Lipinski definition) is 3. The van der Waals surface area contributed by atoms with E-state index in [1.165, 1.54) is 0 Å². The van der Waals surface area contributed by atoms with E-state index in [9.17, 15) is 4.79 Å². The lowest BCUT2D eigenvalue weighted by molar-refractivity contribution is -0.119. The molecule has 0 bridgehead atoms. The first-order valence-electron chi connectivity index (χ1n) is 5.64. The Morgan fingerprint density at radius 3 is 2.88 bits per heavy atom. The lowest BCUT2D eigenvalue weighted by Gasteiger charge is -2.05. The molecule has 1 heterocycles. The van der Waals surface area contributed by atoms with E-state index in [0.29, 0.717) is 12.5 Å². The van der Waals surface area contributed by atoms with Crippen molar-refractivity contribution in [1.29, 1.82) is 0 Å². The minimum absolute atomic E-state index is 0.0282. The number of benzene rings is 1. The van der Waals surface area contributed by atoms with E-state index in [4.69, 9.17) is 0 Å². The first-order chi connectivity index (χ1) is 8.22. The van der Waals surface area contributed by atoms with Crippen LogP contribution in [-0.2, 0) is 11.8 Å². The van der Waals surface area contributed by atoms with Crippen LogP contribution in [0.15, 0.2) is 24.3 Å². The summed E-state index contributed by atoms with van der Waals surface area (Å²) in [7, 11) is 1.93. The van der Waals surface area contributed by atoms with Gasteiger partial charge in [-0.05, 0) is 19.1 Å². The van der Waals surface area contributed by atoms with Crippen molar-refractivity contribution < 1.29 is 4.79 Å². The highest BCUT2D eigenvalue weighted by molar-refractivity contribution is 5.82. The van der Waals surface area contributed by atoms with Crippen molar-refractivity contribution in [2.24, 2.45) is 7.05 Å². The lowest BCUT2D eigenvalue weighted by Crippen LogP contribution is -2.30. The second-order valence-corrected chi connectivity index (χ2v) is 3.79. The standard InChI is InChI=1S/C12H16N4O/c1-3-13-11(17)8-14-12-15-9-6-4-5-7-10(9)16(12)2/h4-7H,3,8H2,1-2H3,(H,13,17)(H,14,15). The third-order valence-corrected chi connectivity index (χ3v) is 2.57. The van der Waals surface area contributed by atoms with Crippen molar-refractivity contribution in [3.8, 4) is 0 Å². The van der Waals surface area contributed by atoms with Gasteiger partial charge in [0.25, 0.3) is 0 Å². The number of imidazole rings is 1. The molecule has 17 heavy (non-hydrogen) atoms. The predicted molar refractivity (Wildman–Crippen MR) is 67.9 cm³/mol. The Bertz CT molecular complexity index is 532. The number of rotatable bonds is 4. The highest BCUT2D eigenvalue weighted by Crippen LogP contribution is 2.16. The lowest BCUT2D eigenvalue weighted by atomic mass is 10.3. The van der Waals surface area contributed by atoms with E-state index in [-0.39, 0.29) is 12.5 Å². The predicted octanol–water partition coefficient (Wildman–Crippen LogP) is 1.12. The second-order valence-electron chi connectivity index (χ2n) is 3.79. The number of likely N-dealkylation sites (N-methyl/N-ethyl adjacent to an activating group) is 1. The van der Waals surface area contributed by atoms with Crippen LogP contribution < -0.4 is 10.6 Å². The molecule has 0 aliphatic carbocycles. The second kappa shape index (κ2) is 4.86. The van der Waals surface area contributed by atoms with Gasteiger partial charge in [-0.15, -0.1) is 0 Å². The molecule has 0 atom stereocenters. The van der Waals surface area contributed by atoms with Crippen LogP contribution in [0.3, 0.4) is 0 Å². The normalized spacial score (nSPS) is 10.5. The number of amides is 1. The molecule has 1 aromatic heterocycles. The highest BCUT2D eigenvalue weighted by Gasteiger charge is 2.07. The Kier molecular flexibility index (Phi) is 3.27. The molecule has 5 nitrogen and oxygen atoms in total. The molecule has 2 N–H and O–H groups in total. The number of aromatic nitrogens is 2. The van der Waals surface area contributed by atoms with Gasteiger partial charge >= 0.3 is 0 Å². The Morgan fingerprint density at radius 2 is 2.18 bits per heavy atom. The Labute approximate surface area is 99.8 Å². The molecule has 0 radical (unpaired) electrons. The molecular weight excluding hydrogens is 216 g/mol. The number of carbonyl (C=O) groups is 1. The average molecular weight is 232 g/mol.